The van der Waals surface area contributed by atoms with Crippen molar-refractivity contribution in [3.05, 3.63) is 35.0 Å². The molecule has 0 fully saturated rings. The second kappa shape index (κ2) is 4.42. The number of hydrogen-bond acceptors (Lipinski definition) is 2. The molecule has 15 heavy (non-hydrogen) atoms. The quantitative estimate of drug-likeness (QED) is 0.611. The zero-order valence-corrected chi connectivity index (χ0v) is 8.93. The summed E-state index contributed by atoms with van der Waals surface area (Å²) in [5.74, 6) is -0.974. The third-order valence-electron chi connectivity index (χ3n) is 2.61. The van der Waals surface area contributed by atoms with Crippen LogP contribution in [0.3, 0.4) is 0 Å². The van der Waals surface area contributed by atoms with E-state index in [-0.39, 0.29) is 5.56 Å². The molecular weight excluding hydrogens is 194 g/mol. The molecule has 1 N–H and O–H groups in total. The molecule has 4 heteroatoms. The minimum atomic E-state index is -0.974. The maximum atomic E-state index is 12.1. The van der Waals surface area contributed by atoms with Gasteiger partial charge in [-0.2, -0.15) is 0 Å². The van der Waals surface area contributed by atoms with Crippen molar-refractivity contribution in [1.29, 1.82) is 0 Å². The van der Waals surface area contributed by atoms with E-state index in [1.165, 1.54) is 12.1 Å². The molecular formula is C11H15NO3. The molecule has 1 aromatic rings. The highest BCUT2D eigenvalue weighted by Crippen LogP contribution is 2.21. The van der Waals surface area contributed by atoms with E-state index in [1.54, 1.807) is 12.1 Å². The average molecular weight is 209 g/mol. The van der Waals surface area contributed by atoms with E-state index in [0.717, 1.165) is 0 Å². The smallest absolute Gasteiger partial charge is 0.335 e. The van der Waals surface area contributed by atoms with E-state index in [9.17, 15) is 10.0 Å². The van der Waals surface area contributed by atoms with Gasteiger partial charge >= 0.3 is 5.97 Å². The zero-order valence-electron chi connectivity index (χ0n) is 8.93. The number of hydroxylamine groups is 2. The molecule has 0 radical (unpaired) electrons. The van der Waals surface area contributed by atoms with Gasteiger partial charge in [0, 0.05) is 12.1 Å². The summed E-state index contributed by atoms with van der Waals surface area (Å²) >= 11 is 0. The molecule has 0 amide bonds. The topological polar surface area (TPSA) is 60.4 Å². The standard InChI is InChI=1S/C11H15NO3/c1-3-12(15,4-2)10-7-5-9(6-8-10)11(13)14/h5-8H,3-4H2,1-2H3,(H,13,14). The predicted octanol–water partition coefficient (Wildman–Crippen LogP) is 2.23. The van der Waals surface area contributed by atoms with Crippen LogP contribution < -0.4 is 4.65 Å². The number of carboxylic acids is 1. The molecule has 0 heterocycles. The fourth-order valence-corrected chi connectivity index (χ4v) is 1.46. The highest BCUT2D eigenvalue weighted by molar-refractivity contribution is 5.87. The van der Waals surface area contributed by atoms with Crippen molar-refractivity contribution in [1.82, 2.24) is 4.65 Å². The minimum Gasteiger partial charge on any atom is -0.627 e. The first kappa shape index (κ1) is 11.7. The molecule has 0 saturated heterocycles. The predicted molar refractivity (Wildman–Crippen MR) is 59.6 cm³/mol. The Balaban J connectivity index is 3.02. The van der Waals surface area contributed by atoms with Gasteiger partial charge in [-0.3, -0.25) is 0 Å². The SMILES string of the molecule is CC[N+]([O-])(CC)c1ccc(C(=O)O)cc1. The van der Waals surface area contributed by atoms with Crippen LogP contribution in [-0.2, 0) is 0 Å². The van der Waals surface area contributed by atoms with Crippen LogP contribution in [0.5, 0.6) is 0 Å². The Morgan fingerprint density at radius 3 is 2.07 bits per heavy atom. The lowest BCUT2D eigenvalue weighted by molar-refractivity contribution is 0.0697. The second-order valence-corrected chi connectivity index (χ2v) is 3.37. The van der Waals surface area contributed by atoms with Crippen molar-refractivity contribution in [2.75, 3.05) is 13.1 Å². The van der Waals surface area contributed by atoms with Gasteiger partial charge in [0.05, 0.1) is 18.7 Å². The zero-order chi connectivity index (χ0) is 11.5. The molecule has 1 rings (SSSR count). The highest BCUT2D eigenvalue weighted by Gasteiger charge is 2.15. The van der Waals surface area contributed by atoms with Crippen LogP contribution in [0.1, 0.15) is 24.2 Å². The van der Waals surface area contributed by atoms with E-state index < -0.39 is 10.6 Å². The number of rotatable bonds is 4. The van der Waals surface area contributed by atoms with Gasteiger partial charge in [0.2, 0.25) is 0 Å². The van der Waals surface area contributed by atoms with Crippen molar-refractivity contribution in [2.45, 2.75) is 13.8 Å². The summed E-state index contributed by atoms with van der Waals surface area (Å²) in [5.41, 5.74) is 0.808. The third-order valence-corrected chi connectivity index (χ3v) is 2.61. The summed E-state index contributed by atoms with van der Waals surface area (Å²) in [6.07, 6.45) is 0. The first-order valence-corrected chi connectivity index (χ1v) is 4.95. The van der Waals surface area contributed by atoms with Crippen LogP contribution in [0.15, 0.2) is 24.3 Å². The summed E-state index contributed by atoms with van der Waals surface area (Å²) in [4.78, 5) is 10.6. The lowest BCUT2D eigenvalue weighted by Crippen LogP contribution is -2.42. The molecule has 82 valence electrons. The van der Waals surface area contributed by atoms with Crippen molar-refractivity contribution in [3.8, 4) is 0 Å². The Morgan fingerprint density at radius 1 is 1.27 bits per heavy atom. The van der Waals surface area contributed by atoms with Crippen LogP contribution in [0.4, 0.5) is 5.69 Å². The number of carboxylic acid groups (broad SMARTS) is 1. The van der Waals surface area contributed by atoms with Crippen LogP contribution in [-0.4, -0.2) is 24.2 Å². The van der Waals surface area contributed by atoms with Gasteiger partial charge in [0.25, 0.3) is 0 Å². The van der Waals surface area contributed by atoms with Crippen LogP contribution in [0.25, 0.3) is 0 Å². The number of nitrogens with zero attached hydrogens (tertiary/aromatic N) is 1. The fraction of sp³-hybridized carbons (Fsp3) is 0.364. The van der Waals surface area contributed by atoms with Crippen LogP contribution in [0, 0.1) is 5.21 Å². The Hall–Kier alpha value is -1.39. The molecule has 0 bridgehead atoms. The van der Waals surface area contributed by atoms with Crippen molar-refractivity contribution in [2.24, 2.45) is 0 Å². The van der Waals surface area contributed by atoms with Crippen molar-refractivity contribution < 1.29 is 9.90 Å². The molecule has 0 aliphatic carbocycles. The molecule has 4 nitrogen and oxygen atoms in total. The Bertz CT molecular complexity index is 341. The van der Waals surface area contributed by atoms with Gasteiger partial charge in [0.15, 0.2) is 0 Å². The van der Waals surface area contributed by atoms with E-state index in [0.29, 0.717) is 18.8 Å². The molecule has 0 spiro atoms. The second-order valence-electron chi connectivity index (χ2n) is 3.37. The van der Waals surface area contributed by atoms with Gasteiger partial charge in [-0.05, 0) is 26.0 Å². The molecule has 0 saturated carbocycles. The average Bonchev–Trinajstić information content (AvgIpc) is 2.28. The third kappa shape index (κ3) is 2.34. The van der Waals surface area contributed by atoms with Gasteiger partial charge in [0.1, 0.15) is 5.69 Å². The van der Waals surface area contributed by atoms with Gasteiger partial charge in [-0.25, -0.2) is 4.79 Å². The molecule has 0 aliphatic rings. The van der Waals surface area contributed by atoms with Gasteiger partial charge < -0.3 is 15.0 Å². The summed E-state index contributed by atoms with van der Waals surface area (Å²) in [6.45, 7) is 4.54. The summed E-state index contributed by atoms with van der Waals surface area (Å²) in [7, 11) is 0. The lowest BCUT2D eigenvalue weighted by atomic mass is 10.2. The summed E-state index contributed by atoms with van der Waals surface area (Å²) < 4.78 is -0.417. The number of hydrogen-bond donors (Lipinski definition) is 1. The van der Waals surface area contributed by atoms with E-state index in [2.05, 4.69) is 0 Å². The molecule has 0 unspecified atom stereocenters. The van der Waals surface area contributed by atoms with Crippen LogP contribution >= 0.6 is 0 Å². The van der Waals surface area contributed by atoms with E-state index in [4.69, 9.17) is 5.11 Å². The maximum absolute atomic E-state index is 12.1. The highest BCUT2D eigenvalue weighted by atomic mass is 16.5. The summed E-state index contributed by atoms with van der Waals surface area (Å²) in [5, 5.41) is 20.8. The monoisotopic (exact) mass is 209 g/mol. The van der Waals surface area contributed by atoms with Crippen molar-refractivity contribution >= 4 is 11.7 Å². The summed E-state index contributed by atoms with van der Waals surface area (Å²) in [6, 6.07) is 6.11. The molecule has 1 aromatic carbocycles. The largest absolute Gasteiger partial charge is 0.627 e. The molecule has 0 atom stereocenters. The Morgan fingerprint density at radius 2 is 1.73 bits per heavy atom. The normalized spacial score (nSPS) is 11.4. The number of benzene rings is 1. The first-order chi connectivity index (χ1) is 7.03. The van der Waals surface area contributed by atoms with E-state index in [1.807, 2.05) is 13.8 Å². The number of quaternary nitrogens is 1. The first-order valence-electron chi connectivity index (χ1n) is 4.95. The van der Waals surface area contributed by atoms with Crippen molar-refractivity contribution in [3.63, 3.8) is 0 Å². The Kier molecular flexibility index (Phi) is 3.44. The number of carbonyl (C=O) groups is 1. The maximum Gasteiger partial charge on any atom is 0.335 e. The fourth-order valence-electron chi connectivity index (χ4n) is 1.46. The minimum absolute atomic E-state index is 0.206. The molecule has 0 aromatic heterocycles. The Labute approximate surface area is 88.9 Å². The van der Waals surface area contributed by atoms with Crippen LogP contribution in [0.2, 0.25) is 0 Å². The van der Waals surface area contributed by atoms with Gasteiger partial charge in [-0.1, -0.05) is 0 Å². The van der Waals surface area contributed by atoms with Gasteiger partial charge in [-0.15, -0.1) is 0 Å². The number of aromatic carboxylic acids is 1. The molecule has 0 aliphatic heterocycles. The van der Waals surface area contributed by atoms with E-state index >= 15 is 0 Å². The lowest BCUT2D eigenvalue weighted by Gasteiger charge is -2.40.